The van der Waals surface area contributed by atoms with Crippen LogP contribution >= 0.6 is 11.6 Å². The highest BCUT2D eigenvalue weighted by Gasteiger charge is 2.24. The lowest BCUT2D eigenvalue weighted by molar-refractivity contribution is 0.0686. The normalized spacial score (nSPS) is 12.0. The molecule has 0 spiro atoms. The fourth-order valence-electron chi connectivity index (χ4n) is 1.80. The molecule has 0 heterocycles. The van der Waals surface area contributed by atoms with Crippen LogP contribution in [0.3, 0.4) is 0 Å². The summed E-state index contributed by atoms with van der Waals surface area (Å²) in [5.74, 6) is -4.66. The first-order valence-electron chi connectivity index (χ1n) is 5.69. The standard InChI is InChI=1S/C13H8ClF2NO4S/c14-7-2-1-3-8(6-7)17(22(20)21)10-5-4-9(15)11(12(10)16)13(18)19/h1-6H,(H,18,19)(H,20,21)/p-1. The Bertz CT molecular complexity index is 772. The Morgan fingerprint density at radius 2 is 1.95 bits per heavy atom. The van der Waals surface area contributed by atoms with Crippen molar-refractivity contribution in [2.24, 2.45) is 0 Å². The zero-order valence-corrected chi connectivity index (χ0v) is 12.2. The number of nitrogens with zero attached hydrogens (tertiary/aromatic N) is 1. The summed E-state index contributed by atoms with van der Waals surface area (Å²) in [5.41, 5.74) is -1.90. The van der Waals surface area contributed by atoms with Crippen molar-refractivity contribution in [3.63, 3.8) is 0 Å². The number of halogens is 3. The molecule has 0 bridgehead atoms. The van der Waals surface area contributed by atoms with E-state index in [-0.39, 0.29) is 10.7 Å². The summed E-state index contributed by atoms with van der Waals surface area (Å²) < 4.78 is 50.9. The van der Waals surface area contributed by atoms with Crippen molar-refractivity contribution in [3.8, 4) is 0 Å². The molecule has 0 aliphatic carbocycles. The van der Waals surface area contributed by atoms with Gasteiger partial charge in [0, 0.05) is 5.02 Å². The maximum Gasteiger partial charge on any atom is 0.341 e. The van der Waals surface area contributed by atoms with Crippen molar-refractivity contribution in [1.82, 2.24) is 0 Å². The van der Waals surface area contributed by atoms with Crippen LogP contribution in [0.4, 0.5) is 20.2 Å². The highest BCUT2D eigenvalue weighted by Crippen LogP contribution is 2.32. The number of aromatic carboxylic acids is 1. The number of rotatable bonds is 4. The van der Waals surface area contributed by atoms with Gasteiger partial charge in [0.2, 0.25) is 0 Å². The maximum atomic E-state index is 14.2. The van der Waals surface area contributed by atoms with Crippen LogP contribution < -0.4 is 4.31 Å². The van der Waals surface area contributed by atoms with Gasteiger partial charge in [-0.05, 0) is 30.3 Å². The Balaban J connectivity index is 2.67. The summed E-state index contributed by atoms with van der Waals surface area (Å²) in [5, 5.41) is 9.02. The van der Waals surface area contributed by atoms with Gasteiger partial charge in [-0.3, -0.25) is 8.51 Å². The Labute approximate surface area is 131 Å². The van der Waals surface area contributed by atoms with Crippen LogP contribution in [-0.2, 0) is 11.3 Å². The first kappa shape index (κ1) is 16.3. The zero-order chi connectivity index (χ0) is 16.4. The highest BCUT2D eigenvalue weighted by atomic mass is 35.5. The molecule has 9 heteroatoms. The number of carbonyl (C=O) groups is 1. The molecule has 0 fully saturated rings. The van der Waals surface area contributed by atoms with Crippen molar-refractivity contribution in [2.45, 2.75) is 0 Å². The topological polar surface area (TPSA) is 80.7 Å². The summed E-state index contributed by atoms with van der Waals surface area (Å²) >= 11 is 2.77. The van der Waals surface area contributed by atoms with Gasteiger partial charge < -0.3 is 9.66 Å². The van der Waals surface area contributed by atoms with Crippen molar-refractivity contribution in [1.29, 1.82) is 0 Å². The molecule has 0 radical (unpaired) electrons. The van der Waals surface area contributed by atoms with Gasteiger partial charge in [0.1, 0.15) is 11.4 Å². The largest absolute Gasteiger partial charge is 0.755 e. The first-order chi connectivity index (χ1) is 10.3. The fraction of sp³-hybridized carbons (Fsp3) is 0. The number of anilines is 2. The molecule has 1 atom stereocenters. The SMILES string of the molecule is O=C(O)c1c(F)ccc(N(c2cccc(Cl)c2)S(=O)[O-])c1F. The van der Waals surface area contributed by atoms with Gasteiger partial charge in [0.15, 0.2) is 5.82 Å². The predicted molar refractivity (Wildman–Crippen MR) is 75.8 cm³/mol. The van der Waals surface area contributed by atoms with E-state index in [1.165, 1.54) is 24.3 Å². The van der Waals surface area contributed by atoms with Gasteiger partial charge in [-0.15, -0.1) is 0 Å². The lowest BCUT2D eigenvalue weighted by atomic mass is 10.1. The van der Waals surface area contributed by atoms with E-state index in [0.29, 0.717) is 10.4 Å². The summed E-state index contributed by atoms with van der Waals surface area (Å²) in [6.07, 6.45) is 0. The van der Waals surface area contributed by atoms with Gasteiger partial charge >= 0.3 is 5.97 Å². The molecular formula is C13H7ClF2NO4S-. The van der Waals surface area contributed by atoms with Crippen LogP contribution in [-0.4, -0.2) is 19.8 Å². The van der Waals surface area contributed by atoms with Crippen LogP contribution in [0.1, 0.15) is 10.4 Å². The molecule has 116 valence electrons. The van der Waals surface area contributed by atoms with E-state index < -0.39 is 40.1 Å². The third-order valence-corrected chi connectivity index (χ3v) is 3.64. The van der Waals surface area contributed by atoms with E-state index in [1.54, 1.807) is 0 Å². The Morgan fingerprint density at radius 3 is 2.50 bits per heavy atom. The van der Waals surface area contributed by atoms with E-state index in [2.05, 4.69) is 0 Å². The molecule has 0 aliphatic rings. The molecule has 5 nitrogen and oxygen atoms in total. The molecule has 0 saturated heterocycles. The second kappa shape index (κ2) is 6.39. The quantitative estimate of drug-likeness (QED) is 0.862. The summed E-state index contributed by atoms with van der Waals surface area (Å²) in [4.78, 5) is 10.9. The number of carboxylic acids is 1. The fourth-order valence-corrected chi connectivity index (χ4v) is 2.57. The number of hydrogen-bond acceptors (Lipinski definition) is 3. The van der Waals surface area contributed by atoms with Gasteiger partial charge in [0.05, 0.1) is 22.6 Å². The minimum absolute atomic E-state index is 0.0253. The van der Waals surface area contributed by atoms with Crippen LogP contribution in [0, 0.1) is 11.6 Å². The summed E-state index contributed by atoms with van der Waals surface area (Å²) in [6, 6.07) is 6.96. The lowest BCUT2D eigenvalue weighted by Gasteiger charge is -2.27. The molecule has 1 N–H and O–H groups in total. The Kier molecular flexibility index (Phi) is 4.74. The average molecular weight is 347 g/mol. The molecule has 2 rings (SSSR count). The molecule has 2 aromatic carbocycles. The van der Waals surface area contributed by atoms with E-state index in [9.17, 15) is 22.3 Å². The van der Waals surface area contributed by atoms with Crippen molar-refractivity contribution < 1.29 is 27.4 Å². The van der Waals surface area contributed by atoms with Crippen molar-refractivity contribution >= 4 is 40.2 Å². The maximum absolute atomic E-state index is 14.2. The third-order valence-electron chi connectivity index (χ3n) is 2.70. The molecule has 0 amide bonds. The Hall–Kier alpha value is -2.03. The van der Waals surface area contributed by atoms with Gasteiger partial charge in [-0.25, -0.2) is 13.6 Å². The van der Waals surface area contributed by atoms with Crippen LogP contribution in [0.25, 0.3) is 0 Å². The van der Waals surface area contributed by atoms with Gasteiger partial charge in [-0.1, -0.05) is 17.7 Å². The second-order valence-electron chi connectivity index (χ2n) is 4.05. The minimum Gasteiger partial charge on any atom is -0.755 e. The number of hydrogen-bond donors (Lipinski definition) is 1. The molecular weight excluding hydrogens is 340 g/mol. The second-order valence-corrected chi connectivity index (χ2v) is 5.29. The Morgan fingerprint density at radius 1 is 1.27 bits per heavy atom. The van der Waals surface area contributed by atoms with Crippen LogP contribution in [0.15, 0.2) is 36.4 Å². The zero-order valence-electron chi connectivity index (χ0n) is 10.6. The lowest BCUT2D eigenvalue weighted by Crippen LogP contribution is -2.22. The monoisotopic (exact) mass is 346 g/mol. The third kappa shape index (κ3) is 3.08. The van der Waals surface area contributed by atoms with E-state index >= 15 is 0 Å². The van der Waals surface area contributed by atoms with Gasteiger partial charge in [0.25, 0.3) is 0 Å². The van der Waals surface area contributed by atoms with Gasteiger partial charge in [-0.2, -0.15) is 0 Å². The van der Waals surface area contributed by atoms with E-state index in [0.717, 1.165) is 6.07 Å². The van der Waals surface area contributed by atoms with Crippen LogP contribution in [0.2, 0.25) is 5.02 Å². The minimum atomic E-state index is -2.98. The van der Waals surface area contributed by atoms with Crippen molar-refractivity contribution in [2.75, 3.05) is 4.31 Å². The molecule has 22 heavy (non-hydrogen) atoms. The molecule has 2 aromatic rings. The average Bonchev–Trinajstić information content (AvgIpc) is 2.41. The molecule has 0 saturated carbocycles. The van der Waals surface area contributed by atoms with E-state index in [4.69, 9.17) is 16.7 Å². The first-order valence-corrected chi connectivity index (χ1v) is 7.10. The van der Waals surface area contributed by atoms with E-state index in [1.807, 2.05) is 0 Å². The number of carboxylic acid groups (broad SMARTS) is 1. The van der Waals surface area contributed by atoms with Crippen LogP contribution in [0.5, 0.6) is 0 Å². The number of benzene rings is 2. The molecule has 1 unspecified atom stereocenters. The summed E-state index contributed by atoms with van der Waals surface area (Å²) in [6.45, 7) is 0. The molecule has 0 aromatic heterocycles. The molecule has 0 aliphatic heterocycles. The predicted octanol–water partition coefficient (Wildman–Crippen LogP) is 3.25. The summed E-state index contributed by atoms with van der Waals surface area (Å²) in [7, 11) is 0. The van der Waals surface area contributed by atoms with Crippen molar-refractivity contribution in [3.05, 3.63) is 58.6 Å². The smallest absolute Gasteiger partial charge is 0.341 e. The highest BCUT2D eigenvalue weighted by molar-refractivity contribution is 7.81.